The molecule has 2 aromatic heterocycles. The lowest BCUT2D eigenvalue weighted by Crippen LogP contribution is -2.25. The third-order valence-corrected chi connectivity index (χ3v) is 5.06. The highest BCUT2D eigenvalue weighted by molar-refractivity contribution is 5.83. The minimum atomic E-state index is 0.883. The van der Waals surface area contributed by atoms with Crippen LogP contribution in [0.2, 0.25) is 0 Å². The second kappa shape index (κ2) is 6.52. The molecule has 5 nitrogen and oxygen atoms in total. The number of para-hydroxylation sites is 1. The molecule has 0 aliphatic carbocycles. The SMILES string of the molecule is CN1CCN(c2cc3ccccc3o2)c2ccc(-c3cccnn3)cc2C1. The number of anilines is 2. The Morgan fingerprint density at radius 1 is 0.963 bits per heavy atom. The number of furan rings is 1. The fraction of sp³-hybridized carbons (Fsp3) is 0.182. The van der Waals surface area contributed by atoms with E-state index in [9.17, 15) is 0 Å². The van der Waals surface area contributed by atoms with Crippen molar-refractivity contribution in [1.82, 2.24) is 15.1 Å². The number of aromatic nitrogens is 2. The molecule has 5 rings (SSSR count). The van der Waals surface area contributed by atoms with E-state index < -0.39 is 0 Å². The molecule has 1 aliphatic heterocycles. The lowest BCUT2D eigenvalue weighted by Gasteiger charge is -2.22. The first-order valence-corrected chi connectivity index (χ1v) is 9.13. The molecule has 134 valence electrons. The summed E-state index contributed by atoms with van der Waals surface area (Å²) in [6.45, 7) is 2.74. The van der Waals surface area contributed by atoms with Crippen LogP contribution in [0.5, 0.6) is 0 Å². The molecule has 0 fully saturated rings. The predicted octanol–water partition coefficient (Wildman–Crippen LogP) is 4.47. The molecular weight excluding hydrogens is 336 g/mol. The summed E-state index contributed by atoms with van der Waals surface area (Å²) in [6.07, 6.45) is 1.70. The Hall–Kier alpha value is -3.18. The summed E-state index contributed by atoms with van der Waals surface area (Å²) in [5.74, 6) is 0.889. The first-order valence-electron chi connectivity index (χ1n) is 9.13. The van der Waals surface area contributed by atoms with Crippen LogP contribution in [0.1, 0.15) is 5.56 Å². The van der Waals surface area contributed by atoms with Crippen molar-refractivity contribution in [3.8, 4) is 11.3 Å². The molecule has 0 atom stereocenters. The molecule has 0 amide bonds. The van der Waals surface area contributed by atoms with Crippen molar-refractivity contribution in [1.29, 1.82) is 0 Å². The number of benzene rings is 2. The average molecular weight is 356 g/mol. The van der Waals surface area contributed by atoms with Crippen LogP contribution < -0.4 is 4.90 Å². The summed E-state index contributed by atoms with van der Waals surface area (Å²) in [4.78, 5) is 4.61. The van der Waals surface area contributed by atoms with Crippen molar-refractivity contribution >= 4 is 22.5 Å². The molecular formula is C22H20N4O. The van der Waals surface area contributed by atoms with Gasteiger partial charge >= 0.3 is 0 Å². The summed E-state index contributed by atoms with van der Waals surface area (Å²) in [5, 5.41) is 9.39. The maximum absolute atomic E-state index is 6.16. The number of likely N-dealkylation sites (N-methyl/N-ethyl adjacent to an activating group) is 1. The Kier molecular flexibility index (Phi) is 3.87. The average Bonchev–Trinajstić information content (AvgIpc) is 3.06. The molecule has 0 bridgehead atoms. The highest BCUT2D eigenvalue weighted by atomic mass is 16.4. The number of fused-ring (bicyclic) bond motifs is 2. The Bertz CT molecular complexity index is 1060. The van der Waals surface area contributed by atoms with Gasteiger partial charge in [0.1, 0.15) is 5.58 Å². The van der Waals surface area contributed by atoms with Gasteiger partial charge in [0.15, 0.2) is 0 Å². The first kappa shape index (κ1) is 16.0. The van der Waals surface area contributed by atoms with Crippen molar-refractivity contribution in [2.24, 2.45) is 0 Å². The molecule has 0 unspecified atom stereocenters. The lowest BCUT2D eigenvalue weighted by molar-refractivity contribution is 0.342. The van der Waals surface area contributed by atoms with Gasteiger partial charge < -0.3 is 14.2 Å². The molecule has 5 heteroatoms. The maximum Gasteiger partial charge on any atom is 0.201 e. The monoisotopic (exact) mass is 356 g/mol. The van der Waals surface area contributed by atoms with Crippen LogP contribution in [0, 0.1) is 0 Å². The van der Waals surface area contributed by atoms with Crippen LogP contribution in [0.15, 0.2) is 71.3 Å². The highest BCUT2D eigenvalue weighted by Gasteiger charge is 2.22. The van der Waals surface area contributed by atoms with Crippen LogP contribution in [0.4, 0.5) is 11.6 Å². The van der Waals surface area contributed by atoms with Gasteiger partial charge in [-0.2, -0.15) is 10.2 Å². The van der Waals surface area contributed by atoms with Crippen molar-refractivity contribution in [3.05, 3.63) is 72.4 Å². The standard InChI is InChI=1S/C22H20N4O/c1-25-11-12-26(22-14-17-5-2-3-7-21(17)27-22)20-9-8-16(13-18(20)15-25)19-6-4-10-23-24-19/h2-10,13-14H,11-12,15H2,1H3. The molecule has 0 saturated heterocycles. The lowest BCUT2D eigenvalue weighted by atomic mass is 10.0. The zero-order chi connectivity index (χ0) is 18.2. The van der Waals surface area contributed by atoms with E-state index in [1.807, 2.05) is 30.3 Å². The van der Waals surface area contributed by atoms with Gasteiger partial charge in [-0.3, -0.25) is 0 Å². The van der Waals surface area contributed by atoms with E-state index in [1.54, 1.807) is 6.20 Å². The molecule has 0 saturated carbocycles. The van der Waals surface area contributed by atoms with Crippen LogP contribution >= 0.6 is 0 Å². The van der Waals surface area contributed by atoms with Gasteiger partial charge in [-0.25, -0.2) is 0 Å². The molecule has 0 spiro atoms. The van der Waals surface area contributed by atoms with E-state index in [1.165, 1.54) is 11.3 Å². The first-order chi connectivity index (χ1) is 13.3. The van der Waals surface area contributed by atoms with Gasteiger partial charge in [-0.15, -0.1) is 0 Å². The van der Waals surface area contributed by atoms with Gasteiger partial charge in [0.2, 0.25) is 5.88 Å². The highest BCUT2D eigenvalue weighted by Crippen LogP contribution is 2.36. The molecule has 3 heterocycles. The summed E-state index contributed by atoms with van der Waals surface area (Å²) in [5.41, 5.74) is 5.34. The summed E-state index contributed by atoms with van der Waals surface area (Å²) >= 11 is 0. The van der Waals surface area contributed by atoms with Crippen molar-refractivity contribution in [2.75, 3.05) is 25.0 Å². The van der Waals surface area contributed by atoms with Crippen molar-refractivity contribution < 1.29 is 4.42 Å². The summed E-state index contributed by atoms with van der Waals surface area (Å²) in [7, 11) is 2.15. The predicted molar refractivity (Wildman–Crippen MR) is 107 cm³/mol. The molecule has 4 aromatic rings. The second-order valence-electron chi connectivity index (χ2n) is 6.96. The van der Waals surface area contributed by atoms with Crippen LogP contribution in [0.25, 0.3) is 22.2 Å². The van der Waals surface area contributed by atoms with Crippen molar-refractivity contribution in [2.45, 2.75) is 6.54 Å². The van der Waals surface area contributed by atoms with Gasteiger partial charge in [-0.1, -0.05) is 24.3 Å². The minimum absolute atomic E-state index is 0.883. The molecule has 2 aromatic carbocycles. The molecule has 0 radical (unpaired) electrons. The van der Waals surface area contributed by atoms with E-state index >= 15 is 0 Å². The van der Waals surface area contributed by atoms with Gasteiger partial charge in [0, 0.05) is 48.5 Å². The summed E-state index contributed by atoms with van der Waals surface area (Å²) in [6, 6.07) is 20.7. The Labute approximate surface area is 157 Å². The van der Waals surface area contributed by atoms with Crippen molar-refractivity contribution in [3.63, 3.8) is 0 Å². The zero-order valence-electron chi connectivity index (χ0n) is 15.2. The van der Waals surface area contributed by atoms with E-state index in [4.69, 9.17) is 4.42 Å². The fourth-order valence-electron chi connectivity index (χ4n) is 3.68. The van der Waals surface area contributed by atoms with E-state index in [0.717, 1.165) is 47.7 Å². The van der Waals surface area contributed by atoms with E-state index in [0.29, 0.717) is 0 Å². The zero-order valence-corrected chi connectivity index (χ0v) is 15.2. The Morgan fingerprint density at radius 3 is 2.74 bits per heavy atom. The van der Waals surface area contributed by atoms with Crippen LogP contribution in [-0.2, 0) is 6.54 Å². The normalized spacial score (nSPS) is 14.9. The number of hydrogen-bond acceptors (Lipinski definition) is 5. The minimum Gasteiger partial charge on any atom is -0.440 e. The summed E-state index contributed by atoms with van der Waals surface area (Å²) < 4.78 is 6.16. The third-order valence-electron chi connectivity index (χ3n) is 5.06. The smallest absolute Gasteiger partial charge is 0.201 e. The number of hydrogen-bond donors (Lipinski definition) is 0. The number of nitrogens with zero attached hydrogens (tertiary/aromatic N) is 4. The Morgan fingerprint density at radius 2 is 1.89 bits per heavy atom. The van der Waals surface area contributed by atoms with Gasteiger partial charge in [-0.05, 0) is 42.9 Å². The van der Waals surface area contributed by atoms with Gasteiger partial charge in [0.25, 0.3) is 0 Å². The van der Waals surface area contributed by atoms with Crippen LogP contribution in [-0.4, -0.2) is 35.2 Å². The Balaban J connectivity index is 1.61. The number of rotatable bonds is 2. The van der Waals surface area contributed by atoms with Gasteiger partial charge in [0.05, 0.1) is 5.69 Å². The fourth-order valence-corrected chi connectivity index (χ4v) is 3.68. The van der Waals surface area contributed by atoms with Crippen LogP contribution in [0.3, 0.4) is 0 Å². The largest absolute Gasteiger partial charge is 0.440 e. The second-order valence-corrected chi connectivity index (χ2v) is 6.96. The third kappa shape index (κ3) is 2.96. The maximum atomic E-state index is 6.16. The molecule has 27 heavy (non-hydrogen) atoms. The molecule has 0 N–H and O–H groups in total. The topological polar surface area (TPSA) is 45.4 Å². The van der Waals surface area contributed by atoms with E-state index in [2.05, 4.69) is 57.4 Å². The quantitative estimate of drug-likeness (QED) is 0.530. The van der Waals surface area contributed by atoms with E-state index in [-0.39, 0.29) is 0 Å². The molecule has 1 aliphatic rings.